The lowest BCUT2D eigenvalue weighted by Crippen LogP contribution is -2.35. The van der Waals surface area contributed by atoms with Crippen LogP contribution in [-0.4, -0.2) is 50.3 Å². The second kappa shape index (κ2) is 5.09. The minimum atomic E-state index is -3.51. The number of likely N-dealkylation sites (N-methyl/N-ethyl adjacent to an activating group) is 1. The Labute approximate surface area is 125 Å². The lowest BCUT2D eigenvalue weighted by Gasteiger charge is -2.21. The molecule has 2 heterocycles. The number of hydrogen-bond donors (Lipinski definition) is 0. The van der Waals surface area contributed by atoms with Crippen molar-refractivity contribution in [3.63, 3.8) is 0 Å². The predicted molar refractivity (Wildman–Crippen MR) is 79.2 cm³/mol. The minimum absolute atomic E-state index is 0.268. The maximum Gasteiger partial charge on any atom is 0.243 e. The van der Waals surface area contributed by atoms with Crippen molar-refractivity contribution in [3.05, 3.63) is 29.3 Å². The molecule has 21 heavy (non-hydrogen) atoms. The molecular weight excluding hydrogens is 286 g/mol. The van der Waals surface area contributed by atoms with Crippen LogP contribution in [0.25, 0.3) is 0 Å². The van der Waals surface area contributed by atoms with Crippen LogP contribution in [0.1, 0.15) is 17.5 Å². The summed E-state index contributed by atoms with van der Waals surface area (Å²) in [6.45, 7) is 3.97. The monoisotopic (exact) mass is 305 g/mol. The molecule has 2 atom stereocenters. The molecule has 0 unspecified atom stereocenters. The van der Waals surface area contributed by atoms with Gasteiger partial charge < -0.3 is 4.90 Å². The number of hydrogen-bond acceptors (Lipinski definition) is 4. The van der Waals surface area contributed by atoms with Crippen molar-refractivity contribution in [2.24, 2.45) is 5.92 Å². The molecule has 3 rings (SSSR count). The molecule has 0 amide bonds. The molecule has 0 aliphatic carbocycles. The van der Waals surface area contributed by atoms with Crippen LogP contribution >= 0.6 is 0 Å². The van der Waals surface area contributed by atoms with Crippen LogP contribution in [0.3, 0.4) is 0 Å². The second-order valence-corrected chi connectivity index (χ2v) is 7.92. The fraction of sp³-hybridized carbons (Fsp3) is 0.533. The maximum absolute atomic E-state index is 12.9. The van der Waals surface area contributed by atoms with Crippen molar-refractivity contribution < 1.29 is 8.42 Å². The molecule has 1 aromatic carbocycles. The molecular formula is C15H19N3O2S. The highest BCUT2D eigenvalue weighted by molar-refractivity contribution is 7.89. The van der Waals surface area contributed by atoms with E-state index in [1.807, 2.05) is 6.07 Å². The summed E-state index contributed by atoms with van der Waals surface area (Å²) in [7, 11) is -1.45. The van der Waals surface area contributed by atoms with Crippen LogP contribution in [0, 0.1) is 24.2 Å². The Morgan fingerprint density at radius 3 is 2.76 bits per heavy atom. The zero-order chi connectivity index (χ0) is 15.2. The van der Waals surface area contributed by atoms with Gasteiger partial charge in [-0.05, 0) is 50.6 Å². The molecule has 2 saturated heterocycles. The van der Waals surface area contributed by atoms with Crippen molar-refractivity contribution in [2.75, 3.05) is 26.7 Å². The molecule has 2 aliphatic rings. The van der Waals surface area contributed by atoms with Gasteiger partial charge in [0.15, 0.2) is 0 Å². The largest absolute Gasteiger partial charge is 0.302 e. The van der Waals surface area contributed by atoms with Gasteiger partial charge in [0.05, 0.1) is 16.5 Å². The quantitative estimate of drug-likeness (QED) is 0.823. The first-order valence-electron chi connectivity index (χ1n) is 7.14. The molecule has 0 spiro atoms. The number of nitriles is 1. The Hall–Kier alpha value is -1.42. The predicted octanol–water partition coefficient (Wildman–Crippen LogP) is 1.19. The van der Waals surface area contributed by atoms with Crippen LogP contribution in [0.5, 0.6) is 0 Å². The molecule has 112 valence electrons. The highest BCUT2D eigenvalue weighted by atomic mass is 32.2. The first-order chi connectivity index (χ1) is 9.93. The third-order valence-corrected chi connectivity index (χ3v) is 6.70. The Kier molecular flexibility index (Phi) is 3.52. The van der Waals surface area contributed by atoms with Gasteiger partial charge >= 0.3 is 0 Å². The molecule has 0 saturated carbocycles. The van der Waals surface area contributed by atoms with Gasteiger partial charge in [0.1, 0.15) is 0 Å². The number of aryl methyl sites for hydroxylation is 1. The summed E-state index contributed by atoms with van der Waals surface area (Å²) in [4.78, 5) is 2.52. The van der Waals surface area contributed by atoms with E-state index in [4.69, 9.17) is 5.26 Å². The number of rotatable bonds is 2. The fourth-order valence-corrected chi connectivity index (χ4v) is 5.18. The third kappa shape index (κ3) is 2.35. The number of nitrogens with zero attached hydrogens (tertiary/aromatic N) is 3. The molecule has 0 radical (unpaired) electrons. The van der Waals surface area contributed by atoms with E-state index in [9.17, 15) is 8.42 Å². The normalized spacial score (nSPS) is 26.7. The molecule has 0 N–H and O–H groups in total. The third-order valence-electron chi connectivity index (χ3n) is 4.73. The SMILES string of the molecule is Cc1ccc(C#N)cc1S(=O)(=O)N1C[C@H]2CCN(C)[C@H]2C1. The molecule has 2 aliphatic heterocycles. The topological polar surface area (TPSA) is 64.4 Å². The summed E-state index contributed by atoms with van der Waals surface area (Å²) in [6.07, 6.45) is 1.06. The van der Waals surface area contributed by atoms with E-state index in [1.165, 1.54) is 6.07 Å². The van der Waals surface area contributed by atoms with E-state index < -0.39 is 10.0 Å². The Balaban J connectivity index is 1.94. The highest BCUT2D eigenvalue weighted by Gasteiger charge is 2.44. The maximum atomic E-state index is 12.9. The van der Waals surface area contributed by atoms with Crippen molar-refractivity contribution in [1.29, 1.82) is 5.26 Å². The summed E-state index contributed by atoms with van der Waals surface area (Å²) in [5, 5.41) is 8.98. The molecule has 1 aromatic rings. The van der Waals surface area contributed by atoms with Gasteiger partial charge in [-0.1, -0.05) is 6.07 Å². The van der Waals surface area contributed by atoms with E-state index in [-0.39, 0.29) is 4.90 Å². The molecule has 0 bridgehead atoms. The van der Waals surface area contributed by atoms with Crippen molar-refractivity contribution >= 4 is 10.0 Å². The first kappa shape index (κ1) is 14.5. The average Bonchev–Trinajstić information content (AvgIpc) is 3.02. The van der Waals surface area contributed by atoms with Crippen molar-refractivity contribution in [2.45, 2.75) is 24.3 Å². The Morgan fingerprint density at radius 1 is 1.33 bits per heavy atom. The molecule has 2 fully saturated rings. The number of sulfonamides is 1. The van der Waals surface area contributed by atoms with E-state index in [2.05, 4.69) is 11.9 Å². The van der Waals surface area contributed by atoms with Gasteiger partial charge in [-0.2, -0.15) is 9.57 Å². The lowest BCUT2D eigenvalue weighted by atomic mass is 10.1. The van der Waals surface area contributed by atoms with Crippen molar-refractivity contribution in [1.82, 2.24) is 9.21 Å². The average molecular weight is 305 g/mol. The summed E-state index contributed by atoms with van der Waals surface area (Å²) in [6, 6.07) is 7.19. The highest BCUT2D eigenvalue weighted by Crippen LogP contribution is 2.34. The summed E-state index contributed by atoms with van der Waals surface area (Å²) < 4.78 is 27.3. The van der Waals surface area contributed by atoms with Gasteiger partial charge in [-0.25, -0.2) is 8.42 Å². The minimum Gasteiger partial charge on any atom is -0.302 e. The van der Waals surface area contributed by atoms with Crippen LogP contribution < -0.4 is 0 Å². The molecule has 5 nitrogen and oxygen atoms in total. The summed E-state index contributed by atoms with van der Waals surface area (Å²) in [5.41, 5.74) is 1.08. The summed E-state index contributed by atoms with van der Waals surface area (Å²) in [5.74, 6) is 0.434. The Bertz CT molecular complexity index is 708. The zero-order valence-corrected chi connectivity index (χ0v) is 13.1. The first-order valence-corrected chi connectivity index (χ1v) is 8.58. The van der Waals surface area contributed by atoms with Gasteiger partial charge in [-0.3, -0.25) is 0 Å². The van der Waals surface area contributed by atoms with E-state index in [0.717, 1.165) is 13.0 Å². The zero-order valence-electron chi connectivity index (χ0n) is 12.3. The van der Waals surface area contributed by atoms with Gasteiger partial charge in [0.2, 0.25) is 10.0 Å². The van der Waals surface area contributed by atoms with Gasteiger partial charge in [-0.15, -0.1) is 0 Å². The standard InChI is InChI=1S/C15H19N3O2S/c1-11-3-4-12(8-16)7-15(11)21(19,20)18-9-13-5-6-17(2)14(13)10-18/h3-4,7,13-14H,5-6,9-10H2,1-2H3/t13-,14+/m1/s1. The van der Waals surface area contributed by atoms with Crippen molar-refractivity contribution in [3.8, 4) is 6.07 Å². The second-order valence-electron chi connectivity index (χ2n) is 6.01. The van der Waals surface area contributed by atoms with Crippen LogP contribution in [-0.2, 0) is 10.0 Å². The van der Waals surface area contributed by atoms with Crippen LogP contribution in [0.2, 0.25) is 0 Å². The fourth-order valence-electron chi connectivity index (χ4n) is 3.42. The molecule has 0 aromatic heterocycles. The van der Waals surface area contributed by atoms with Gasteiger partial charge in [0.25, 0.3) is 0 Å². The van der Waals surface area contributed by atoms with E-state index in [1.54, 1.807) is 23.4 Å². The number of benzene rings is 1. The van der Waals surface area contributed by atoms with E-state index in [0.29, 0.717) is 36.2 Å². The smallest absolute Gasteiger partial charge is 0.243 e. The summed E-state index contributed by atoms with van der Waals surface area (Å²) >= 11 is 0. The number of fused-ring (bicyclic) bond motifs is 1. The van der Waals surface area contributed by atoms with Gasteiger partial charge in [0, 0.05) is 19.1 Å². The van der Waals surface area contributed by atoms with E-state index >= 15 is 0 Å². The number of likely N-dealkylation sites (tertiary alicyclic amines) is 1. The van der Waals surface area contributed by atoms with Crippen LogP contribution in [0.15, 0.2) is 23.1 Å². The lowest BCUT2D eigenvalue weighted by molar-refractivity contribution is 0.297. The Morgan fingerprint density at radius 2 is 2.10 bits per heavy atom. The van der Waals surface area contributed by atoms with Crippen LogP contribution in [0.4, 0.5) is 0 Å². The molecule has 6 heteroatoms.